The summed E-state index contributed by atoms with van der Waals surface area (Å²) in [6, 6.07) is 3.19. The monoisotopic (exact) mass is 169 g/mol. The van der Waals surface area contributed by atoms with Crippen LogP contribution in [0, 0.1) is 4.64 Å². The van der Waals surface area contributed by atoms with Gasteiger partial charge in [-0.1, -0.05) is 12.2 Å². The highest BCUT2D eigenvalue weighted by molar-refractivity contribution is 7.71. The van der Waals surface area contributed by atoms with Gasteiger partial charge >= 0.3 is 0 Å². The number of hydrogen-bond acceptors (Lipinski definition) is 3. The minimum atomic E-state index is -0.226. The maximum absolute atomic E-state index is 10.9. The van der Waals surface area contributed by atoms with E-state index in [4.69, 9.17) is 12.2 Å². The number of hydrogen-bond donors (Lipinski definition) is 2. The van der Waals surface area contributed by atoms with Crippen LogP contribution in [0.5, 0.6) is 0 Å². The van der Waals surface area contributed by atoms with Crippen molar-refractivity contribution in [1.29, 1.82) is 0 Å². The van der Waals surface area contributed by atoms with E-state index in [1.807, 2.05) is 0 Å². The first-order chi connectivity index (χ1) is 5.24. The van der Waals surface area contributed by atoms with Gasteiger partial charge in [-0.25, -0.2) is 0 Å². The number of amides is 1. The van der Waals surface area contributed by atoms with E-state index in [1.54, 1.807) is 19.2 Å². The second kappa shape index (κ2) is 3.25. The fraction of sp³-hybridized carbons (Fsp3) is 0.167. The van der Waals surface area contributed by atoms with Gasteiger partial charge in [0.15, 0.2) is 0 Å². The van der Waals surface area contributed by atoms with E-state index in [2.05, 4.69) is 15.5 Å². The molecule has 2 N–H and O–H groups in total. The van der Waals surface area contributed by atoms with Gasteiger partial charge in [0.1, 0.15) is 10.3 Å². The Kier molecular flexibility index (Phi) is 2.32. The molecule has 0 fully saturated rings. The van der Waals surface area contributed by atoms with Crippen LogP contribution in [0.4, 0.5) is 0 Å². The highest BCUT2D eigenvalue weighted by Crippen LogP contribution is 1.90. The third-order valence-corrected chi connectivity index (χ3v) is 1.37. The Bertz CT molecular complexity index is 299. The Morgan fingerprint density at radius 1 is 1.73 bits per heavy atom. The van der Waals surface area contributed by atoms with E-state index in [9.17, 15) is 4.79 Å². The van der Waals surface area contributed by atoms with Gasteiger partial charge in [0, 0.05) is 7.05 Å². The van der Waals surface area contributed by atoms with Crippen molar-refractivity contribution in [3.8, 4) is 0 Å². The highest BCUT2D eigenvalue weighted by Gasteiger charge is 2.01. The lowest BCUT2D eigenvalue weighted by molar-refractivity contribution is 0.0957. The quantitative estimate of drug-likeness (QED) is 0.602. The fourth-order valence-corrected chi connectivity index (χ4v) is 0.713. The number of nitrogens with one attached hydrogen (secondary N) is 2. The van der Waals surface area contributed by atoms with Gasteiger partial charge in [0.2, 0.25) is 0 Å². The molecule has 1 aromatic rings. The minimum absolute atomic E-state index is 0.226. The lowest BCUT2D eigenvalue weighted by Crippen LogP contribution is -2.19. The van der Waals surface area contributed by atoms with Crippen LogP contribution in [0.15, 0.2) is 12.1 Å². The Hall–Kier alpha value is -1.23. The number of rotatable bonds is 1. The van der Waals surface area contributed by atoms with E-state index in [1.165, 1.54) is 0 Å². The molecule has 0 unspecified atom stereocenters. The topological polar surface area (TPSA) is 57.8 Å². The molecule has 0 aliphatic rings. The summed E-state index contributed by atoms with van der Waals surface area (Å²) in [4.78, 5) is 10.9. The molecule has 0 bridgehead atoms. The SMILES string of the molecule is CNC(=O)c1ccc(=S)[nH]n1. The standard InChI is InChI=1S/C6H7N3OS/c1-7-6(10)4-2-3-5(11)9-8-4/h2-3H,1H3,(H,7,10)(H,9,11). The van der Waals surface area contributed by atoms with E-state index >= 15 is 0 Å². The molecule has 5 heteroatoms. The zero-order valence-electron chi connectivity index (χ0n) is 5.92. The molecule has 1 aromatic heterocycles. The maximum atomic E-state index is 10.9. The van der Waals surface area contributed by atoms with Crippen LogP contribution >= 0.6 is 12.2 Å². The van der Waals surface area contributed by atoms with Crippen LogP contribution in [0.2, 0.25) is 0 Å². The third kappa shape index (κ3) is 1.84. The predicted molar refractivity (Wildman–Crippen MR) is 42.8 cm³/mol. The Balaban J connectivity index is 2.99. The van der Waals surface area contributed by atoms with Crippen molar-refractivity contribution in [3.63, 3.8) is 0 Å². The molecular formula is C6H7N3OS. The second-order valence-electron chi connectivity index (χ2n) is 1.89. The number of H-pyrrole nitrogens is 1. The molecule has 0 saturated heterocycles. The highest BCUT2D eigenvalue weighted by atomic mass is 32.1. The molecule has 0 spiro atoms. The van der Waals surface area contributed by atoms with Gasteiger partial charge in [-0.05, 0) is 12.1 Å². The molecule has 1 rings (SSSR count). The fourth-order valence-electron chi connectivity index (χ4n) is 0.599. The predicted octanol–water partition coefficient (Wildman–Crippen LogP) is 0.499. The molecule has 0 saturated carbocycles. The average Bonchev–Trinajstić information content (AvgIpc) is 2.05. The van der Waals surface area contributed by atoms with Gasteiger partial charge in [0.05, 0.1) is 0 Å². The number of nitrogens with zero attached hydrogens (tertiary/aromatic N) is 1. The van der Waals surface area contributed by atoms with Gasteiger partial charge < -0.3 is 5.32 Å². The zero-order valence-corrected chi connectivity index (χ0v) is 6.73. The summed E-state index contributed by atoms with van der Waals surface area (Å²) in [7, 11) is 1.55. The van der Waals surface area contributed by atoms with Gasteiger partial charge in [-0.3, -0.25) is 9.89 Å². The van der Waals surface area contributed by atoms with Crippen molar-refractivity contribution < 1.29 is 4.79 Å². The van der Waals surface area contributed by atoms with E-state index < -0.39 is 0 Å². The number of aromatic amines is 1. The summed E-state index contributed by atoms with van der Waals surface area (Å²) in [6.45, 7) is 0. The van der Waals surface area contributed by atoms with Crippen molar-refractivity contribution in [2.75, 3.05) is 7.05 Å². The van der Waals surface area contributed by atoms with Crippen molar-refractivity contribution in [2.24, 2.45) is 0 Å². The lowest BCUT2D eigenvalue weighted by Gasteiger charge is -1.95. The largest absolute Gasteiger partial charge is 0.354 e. The molecule has 0 aliphatic carbocycles. The molecule has 0 atom stereocenters. The molecular weight excluding hydrogens is 162 g/mol. The van der Waals surface area contributed by atoms with Crippen molar-refractivity contribution >= 4 is 18.1 Å². The van der Waals surface area contributed by atoms with Crippen LogP contribution in [0.3, 0.4) is 0 Å². The van der Waals surface area contributed by atoms with Crippen molar-refractivity contribution in [2.45, 2.75) is 0 Å². The summed E-state index contributed by atoms with van der Waals surface area (Å²) < 4.78 is 0.512. The average molecular weight is 169 g/mol. The molecule has 58 valence electrons. The van der Waals surface area contributed by atoms with Crippen LogP contribution in [-0.4, -0.2) is 23.2 Å². The minimum Gasteiger partial charge on any atom is -0.354 e. The molecule has 1 amide bonds. The Morgan fingerprint density at radius 3 is 2.91 bits per heavy atom. The van der Waals surface area contributed by atoms with Crippen molar-refractivity contribution in [3.05, 3.63) is 22.5 Å². The molecule has 0 radical (unpaired) electrons. The number of carbonyl (C=O) groups excluding carboxylic acids is 1. The summed E-state index contributed by atoms with van der Waals surface area (Å²) in [5, 5.41) is 8.67. The van der Waals surface area contributed by atoms with Gasteiger partial charge in [-0.2, -0.15) is 5.10 Å². The number of aromatic nitrogens is 2. The summed E-state index contributed by atoms with van der Waals surface area (Å²) in [5.41, 5.74) is 0.334. The normalized spacial score (nSPS) is 9.18. The first kappa shape index (κ1) is 7.87. The first-order valence-electron chi connectivity index (χ1n) is 3.02. The molecule has 1 heterocycles. The van der Waals surface area contributed by atoms with Crippen LogP contribution in [0.1, 0.15) is 10.5 Å². The second-order valence-corrected chi connectivity index (χ2v) is 2.33. The first-order valence-corrected chi connectivity index (χ1v) is 3.42. The molecule has 0 aliphatic heterocycles. The Labute approximate surface area is 68.6 Å². The van der Waals surface area contributed by atoms with Crippen LogP contribution in [0.25, 0.3) is 0 Å². The summed E-state index contributed by atoms with van der Waals surface area (Å²) in [6.07, 6.45) is 0. The molecule has 0 aromatic carbocycles. The number of carbonyl (C=O) groups is 1. The van der Waals surface area contributed by atoms with Gasteiger partial charge in [-0.15, -0.1) is 0 Å². The molecule has 11 heavy (non-hydrogen) atoms. The summed E-state index contributed by atoms with van der Waals surface area (Å²) in [5.74, 6) is -0.226. The van der Waals surface area contributed by atoms with Crippen LogP contribution in [-0.2, 0) is 0 Å². The van der Waals surface area contributed by atoms with Crippen molar-refractivity contribution in [1.82, 2.24) is 15.5 Å². The van der Waals surface area contributed by atoms with E-state index in [0.29, 0.717) is 10.3 Å². The van der Waals surface area contributed by atoms with Gasteiger partial charge in [0.25, 0.3) is 5.91 Å². The van der Waals surface area contributed by atoms with E-state index in [-0.39, 0.29) is 5.91 Å². The zero-order chi connectivity index (χ0) is 8.27. The smallest absolute Gasteiger partial charge is 0.271 e. The van der Waals surface area contributed by atoms with E-state index in [0.717, 1.165) is 0 Å². The summed E-state index contributed by atoms with van der Waals surface area (Å²) >= 11 is 4.74. The lowest BCUT2D eigenvalue weighted by atomic mass is 10.4. The Morgan fingerprint density at radius 2 is 2.45 bits per heavy atom. The maximum Gasteiger partial charge on any atom is 0.271 e. The van der Waals surface area contributed by atoms with Crippen LogP contribution < -0.4 is 5.32 Å². The molecule has 4 nitrogen and oxygen atoms in total. The third-order valence-electron chi connectivity index (χ3n) is 1.14.